The summed E-state index contributed by atoms with van der Waals surface area (Å²) >= 11 is 0. The third-order valence-electron chi connectivity index (χ3n) is 14.0. The summed E-state index contributed by atoms with van der Waals surface area (Å²) in [5.74, 6) is 1.80. The molecule has 9 rings (SSSR count). The zero-order chi connectivity index (χ0) is 53.9. The third kappa shape index (κ3) is 15.2. The fourth-order valence-electron chi connectivity index (χ4n) is 10.0. The van der Waals surface area contributed by atoms with Gasteiger partial charge in [0.25, 0.3) is 0 Å². The van der Waals surface area contributed by atoms with Crippen LogP contribution < -0.4 is 0 Å². The molecular weight excluding hydrogens is 889 g/mol. The molecule has 0 spiro atoms. The first-order chi connectivity index (χ1) is 36.2. The van der Waals surface area contributed by atoms with E-state index in [0.29, 0.717) is 23.7 Å². The van der Waals surface area contributed by atoms with Crippen LogP contribution in [-0.2, 0) is 11.8 Å². The molecule has 74 heavy (non-hydrogen) atoms. The van der Waals surface area contributed by atoms with Crippen molar-refractivity contribution in [3.8, 4) is 35.1 Å². The minimum atomic E-state index is 0.0338. The standard InChI is InChI=1S/C36H34.C29H32.C3H6.2C2H6.C2H2/c1-4-6-8-13-27(12-7-5-2)28-20-22-29(23-21-28)35-24-31(19-18-26(35)3)33-16-11-17-34-32-15-10-9-14-30(32)25-36(33)34;1-4-22(2)25-20-26(23-14-8-5-9-15-23)28(24-16-10-6-11-17-24)27(21-25)29(3)18-12-7-13-19-29;1-3-2;3*1-2/h4-24,26,35H,25H2,1-3H3;5-16,18,20-22,24H,4,17,19H2,1-3H3;3H,1H2,2H3;2*1-2H3;1-2H/b6-4-,7-5-,13-8-,27-12+;;;;;/t;22-,24?,29?;;;;/m.1..../s1. The molecule has 0 radical (unpaired) electrons. The fourth-order valence-corrected chi connectivity index (χ4v) is 10.0. The van der Waals surface area contributed by atoms with E-state index < -0.39 is 0 Å². The van der Waals surface area contributed by atoms with Gasteiger partial charge in [0.05, 0.1) is 0 Å². The van der Waals surface area contributed by atoms with Gasteiger partial charge in [0.1, 0.15) is 0 Å². The van der Waals surface area contributed by atoms with Crippen LogP contribution in [0.3, 0.4) is 0 Å². The van der Waals surface area contributed by atoms with E-state index in [1.807, 2.05) is 41.5 Å². The summed E-state index contributed by atoms with van der Waals surface area (Å²) in [6.45, 7) is 26.7. The van der Waals surface area contributed by atoms with E-state index in [4.69, 9.17) is 0 Å². The van der Waals surface area contributed by atoms with Gasteiger partial charge in [-0.05, 0) is 136 Å². The Labute approximate surface area is 450 Å². The molecule has 0 saturated carbocycles. The molecule has 0 nitrogen and oxygen atoms in total. The van der Waals surface area contributed by atoms with E-state index in [1.54, 1.807) is 6.08 Å². The molecule has 5 aromatic rings. The van der Waals surface area contributed by atoms with Crippen LogP contribution in [0.5, 0.6) is 0 Å². The first-order valence-electron chi connectivity index (χ1n) is 27.4. The number of benzene rings is 5. The Balaban J connectivity index is 0.000000282. The first kappa shape index (κ1) is 59.4. The monoisotopic (exact) mass is 975 g/mol. The lowest BCUT2D eigenvalue weighted by Crippen LogP contribution is -2.23. The molecule has 0 bridgehead atoms. The normalized spacial score (nSPS) is 19.2. The molecule has 0 aromatic heterocycles. The SMILES string of the molecule is C#C.C=CC.CC.CC.CC[C@@H](C)c1cc(-c2ccccc2)c(C2C=CC=CC2)c(C2(C)C=CC=CC2)c1.C\C=C/C=C\C(=C/C=C\C)c1ccc(C2C=C(c3cccc4c3Cc3ccccc3-4)C=CC2C)cc1. The van der Waals surface area contributed by atoms with E-state index in [0.717, 1.165) is 25.7 Å². The van der Waals surface area contributed by atoms with Crippen LogP contribution in [-0.4, -0.2) is 0 Å². The van der Waals surface area contributed by atoms with Gasteiger partial charge in [0, 0.05) is 17.3 Å². The lowest BCUT2D eigenvalue weighted by Gasteiger charge is -2.34. The molecule has 4 unspecified atom stereocenters. The molecule has 0 aliphatic heterocycles. The van der Waals surface area contributed by atoms with E-state index in [9.17, 15) is 0 Å². The van der Waals surface area contributed by atoms with Crippen molar-refractivity contribution in [1.82, 2.24) is 0 Å². The summed E-state index contributed by atoms with van der Waals surface area (Å²) in [6.07, 6.45) is 54.2. The number of allylic oxidation sites excluding steroid dienone is 21. The highest BCUT2D eigenvalue weighted by molar-refractivity contribution is 5.87. The van der Waals surface area contributed by atoms with Gasteiger partial charge in [-0.3, -0.25) is 0 Å². The molecule has 0 N–H and O–H groups in total. The highest BCUT2D eigenvalue weighted by Crippen LogP contribution is 2.46. The largest absolute Gasteiger partial charge is 0.124 e. The van der Waals surface area contributed by atoms with Crippen LogP contribution in [0.15, 0.2) is 231 Å². The maximum Gasteiger partial charge on any atom is 0.0144 e. The molecule has 0 amide bonds. The average molecular weight is 976 g/mol. The summed E-state index contributed by atoms with van der Waals surface area (Å²) < 4.78 is 0. The van der Waals surface area contributed by atoms with Gasteiger partial charge in [-0.25, -0.2) is 0 Å². The van der Waals surface area contributed by atoms with Crippen LogP contribution >= 0.6 is 0 Å². The second-order valence-corrected chi connectivity index (χ2v) is 18.9. The van der Waals surface area contributed by atoms with Crippen LogP contribution in [0.2, 0.25) is 0 Å². The zero-order valence-electron chi connectivity index (χ0n) is 46.9. The lowest BCUT2D eigenvalue weighted by molar-refractivity contribution is 0.584. The first-order valence-corrected chi connectivity index (χ1v) is 27.4. The summed E-state index contributed by atoms with van der Waals surface area (Å²) in [4.78, 5) is 0. The Morgan fingerprint density at radius 3 is 2.04 bits per heavy atom. The Morgan fingerprint density at radius 1 is 0.730 bits per heavy atom. The topological polar surface area (TPSA) is 0 Å². The van der Waals surface area contributed by atoms with Gasteiger partial charge in [0.2, 0.25) is 0 Å². The number of fused-ring (bicyclic) bond motifs is 3. The van der Waals surface area contributed by atoms with Crippen molar-refractivity contribution in [2.24, 2.45) is 5.92 Å². The summed E-state index contributed by atoms with van der Waals surface area (Å²) in [5.41, 5.74) is 19.5. The van der Waals surface area contributed by atoms with E-state index in [-0.39, 0.29) is 5.41 Å². The van der Waals surface area contributed by atoms with Crippen LogP contribution in [0.25, 0.3) is 33.4 Å². The van der Waals surface area contributed by atoms with Crippen molar-refractivity contribution in [2.45, 2.75) is 125 Å². The number of hydrogen-bond acceptors (Lipinski definition) is 0. The number of hydrogen-bond donors (Lipinski definition) is 0. The van der Waals surface area contributed by atoms with Gasteiger partial charge in [-0.2, -0.15) is 0 Å². The van der Waals surface area contributed by atoms with Crippen LogP contribution in [0.1, 0.15) is 158 Å². The maximum absolute atomic E-state index is 4.00. The fraction of sp³-hybridized carbons (Fsp3) is 0.270. The molecule has 0 heteroatoms. The lowest BCUT2D eigenvalue weighted by atomic mass is 9.69. The molecule has 0 saturated heterocycles. The highest BCUT2D eigenvalue weighted by atomic mass is 14.4. The molecule has 382 valence electrons. The predicted octanol–water partition coefficient (Wildman–Crippen LogP) is 21.5. The Kier molecular flexibility index (Phi) is 25.2. The van der Waals surface area contributed by atoms with Gasteiger partial charge < -0.3 is 0 Å². The van der Waals surface area contributed by atoms with E-state index >= 15 is 0 Å². The van der Waals surface area contributed by atoms with Crippen LogP contribution in [0.4, 0.5) is 0 Å². The summed E-state index contributed by atoms with van der Waals surface area (Å²) in [6, 6.07) is 40.7. The highest BCUT2D eigenvalue weighted by Gasteiger charge is 2.32. The van der Waals surface area contributed by atoms with Crippen molar-refractivity contribution < 1.29 is 0 Å². The Morgan fingerprint density at radius 2 is 1.39 bits per heavy atom. The van der Waals surface area contributed by atoms with Crippen LogP contribution in [0, 0.1) is 18.8 Å². The van der Waals surface area contributed by atoms with Crippen molar-refractivity contribution in [2.75, 3.05) is 0 Å². The Hall–Kier alpha value is -7.20. The third-order valence-corrected chi connectivity index (χ3v) is 14.0. The minimum Gasteiger partial charge on any atom is -0.124 e. The zero-order valence-corrected chi connectivity index (χ0v) is 46.9. The number of terminal acetylenes is 1. The molecule has 4 aliphatic carbocycles. The van der Waals surface area contributed by atoms with Gasteiger partial charge in [0.15, 0.2) is 0 Å². The van der Waals surface area contributed by atoms with Crippen molar-refractivity contribution in [1.29, 1.82) is 0 Å². The predicted molar refractivity (Wildman–Crippen MR) is 332 cm³/mol. The molecule has 5 atom stereocenters. The van der Waals surface area contributed by atoms with Gasteiger partial charge in [-0.1, -0.05) is 280 Å². The van der Waals surface area contributed by atoms with Crippen molar-refractivity contribution >= 4 is 11.1 Å². The minimum absolute atomic E-state index is 0.0338. The molecule has 0 fully saturated rings. The average Bonchev–Trinajstić information content (AvgIpc) is 3.85. The quantitative estimate of drug-likeness (QED) is 0.0689. The maximum atomic E-state index is 4.00. The van der Waals surface area contributed by atoms with E-state index in [1.165, 1.54) is 77.9 Å². The van der Waals surface area contributed by atoms with Crippen molar-refractivity contribution in [3.05, 3.63) is 276 Å². The molecular formula is C74H86. The smallest absolute Gasteiger partial charge is 0.0144 e. The summed E-state index contributed by atoms with van der Waals surface area (Å²) in [5, 5.41) is 0. The van der Waals surface area contributed by atoms with Gasteiger partial charge >= 0.3 is 0 Å². The molecule has 5 aromatic carbocycles. The second-order valence-electron chi connectivity index (χ2n) is 18.9. The van der Waals surface area contributed by atoms with Gasteiger partial charge in [-0.15, -0.1) is 19.4 Å². The molecule has 0 heterocycles. The van der Waals surface area contributed by atoms with E-state index in [2.05, 4.69) is 273 Å². The molecule has 4 aliphatic rings. The summed E-state index contributed by atoms with van der Waals surface area (Å²) in [7, 11) is 0. The van der Waals surface area contributed by atoms with Crippen molar-refractivity contribution in [3.63, 3.8) is 0 Å². The second kappa shape index (κ2) is 31.4. The number of rotatable bonds is 11. The Bertz CT molecular complexity index is 2870.